The van der Waals surface area contributed by atoms with Crippen LogP contribution in [0.5, 0.6) is 0 Å². The summed E-state index contributed by atoms with van der Waals surface area (Å²) in [6.07, 6.45) is 2.54. The predicted octanol–water partition coefficient (Wildman–Crippen LogP) is 5.24. The maximum Gasteiger partial charge on any atom is 0.249 e. The highest BCUT2D eigenvalue weighted by molar-refractivity contribution is 6.33. The lowest BCUT2D eigenvalue weighted by atomic mass is 9.99. The number of aromatic nitrogens is 2. The summed E-state index contributed by atoms with van der Waals surface area (Å²) in [6.45, 7) is 5.08. The topological polar surface area (TPSA) is 54.2 Å². The Morgan fingerprint density at radius 3 is 2.56 bits per heavy atom. The van der Waals surface area contributed by atoms with Gasteiger partial charge in [-0.05, 0) is 55.2 Å². The van der Waals surface area contributed by atoms with Gasteiger partial charge in [0.2, 0.25) is 11.8 Å². The van der Waals surface area contributed by atoms with Crippen LogP contribution >= 0.6 is 11.6 Å². The molecule has 4 rings (SSSR count). The Balaban J connectivity index is 1.36. The van der Waals surface area contributed by atoms with E-state index in [9.17, 15) is 0 Å². The van der Waals surface area contributed by atoms with Gasteiger partial charge in [0.15, 0.2) is 0 Å². The molecule has 0 aliphatic carbocycles. The second-order valence-electron chi connectivity index (χ2n) is 7.05. The molecule has 0 unspecified atom stereocenters. The zero-order valence-corrected chi connectivity index (χ0v) is 16.1. The fraction of sp³-hybridized carbons (Fsp3) is 0.333. The van der Waals surface area contributed by atoms with Crippen molar-refractivity contribution in [3.63, 3.8) is 0 Å². The molecule has 1 aliphatic heterocycles. The Bertz CT molecular complexity index is 885. The van der Waals surface area contributed by atoms with E-state index in [0.29, 0.717) is 23.3 Å². The molecule has 1 N–H and O–H groups in total. The van der Waals surface area contributed by atoms with E-state index in [4.69, 9.17) is 16.0 Å². The maximum absolute atomic E-state index is 6.18. The third-order valence-corrected chi connectivity index (χ3v) is 5.36. The van der Waals surface area contributed by atoms with E-state index in [1.54, 1.807) is 0 Å². The standard InChI is InChI=1S/C21H23ClN4O/c1-15-10-12-26(13-11-15)17-8-6-16(7-9-17)23-14-20-24-25-21(27-20)18-4-2-3-5-19(18)22/h2-9,15,23H,10-14H2,1H3. The molecule has 1 aromatic heterocycles. The Hall–Kier alpha value is -2.53. The number of piperidine rings is 1. The second kappa shape index (κ2) is 8.01. The highest BCUT2D eigenvalue weighted by Crippen LogP contribution is 2.27. The molecule has 2 heterocycles. The summed E-state index contributed by atoms with van der Waals surface area (Å²) in [7, 11) is 0. The first kappa shape index (κ1) is 17.9. The SMILES string of the molecule is CC1CCN(c2ccc(NCc3nnc(-c4ccccc4Cl)o3)cc2)CC1. The van der Waals surface area contributed by atoms with Gasteiger partial charge in [-0.25, -0.2) is 0 Å². The van der Waals surface area contributed by atoms with Crippen LogP contribution in [0.4, 0.5) is 11.4 Å². The number of anilines is 2. The third kappa shape index (κ3) is 4.25. The zero-order chi connectivity index (χ0) is 18.6. The largest absolute Gasteiger partial charge is 0.419 e. The van der Waals surface area contributed by atoms with Crippen molar-refractivity contribution in [3.05, 3.63) is 59.4 Å². The molecule has 1 saturated heterocycles. The minimum Gasteiger partial charge on any atom is -0.419 e. The van der Waals surface area contributed by atoms with Crippen LogP contribution in [0.25, 0.3) is 11.5 Å². The van der Waals surface area contributed by atoms with E-state index >= 15 is 0 Å². The van der Waals surface area contributed by atoms with Crippen molar-refractivity contribution in [2.24, 2.45) is 5.92 Å². The van der Waals surface area contributed by atoms with Gasteiger partial charge in [-0.15, -0.1) is 10.2 Å². The molecule has 0 amide bonds. The Kier molecular flexibility index (Phi) is 5.30. The second-order valence-corrected chi connectivity index (χ2v) is 7.46. The molecule has 27 heavy (non-hydrogen) atoms. The first-order valence-electron chi connectivity index (χ1n) is 9.35. The lowest BCUT2D eigenvalue weighted by molar-refractivity contribution is 0.438. The summed E-state index contributed by atoms with van der Waals surface area (Å²) in [5, 5.41) is 12.1. The smallest absolute Gasteiger partial charge is 0.249 e. The van der Waals surface area contributed by atoms with Crippen LogP contribution in [0.15, 0.2) is 52.9 Å². The van der Waals surface area contributed by atoms with Crippen LogP contribution < -0.4 is 10.2 Å². The molecule has 1 fully saturated rings. The van der Waals surface area contributed by atoms with Crippen LogP contribution in [-0.4, -0.2) is 23.3 Å². The normalized spacial score (nSPS) is 15.1. The quantitative estimate of drug-likeness (QED) is 0.654. The fourth-order valence-electron chi connectivity index (χ4n) is 3.30. The monoisotopic (exact) mass is 382 g/mol. The molecule has 3 aromatic rings. The number of rotatable bonds is 5. The van der Waals surface area contributed by atoms with Crippen molar-refractivity contribution < 1.29 is 4.42 Å². The number of hydrogen-bond donors (Lipinski definition) is 1. The summed E-state index contributed by atoms with van der Waals surface area (Å²) in [5.74, 6) is 1.80. The van der Waals surface area contributed by atoms with Gasteiger partial charge in [0.05, 0.1) is 17.1 Å². The molecular formula is C21H23ClN4O. The van der Waals surface area contributed by atoms with Crippen LogP contribution in [0, 0.1) is 5.92 Å². The first-order chi connectivity index (χ1) is 13.2. The Labute approximate surface area is 164 Å². The van der Waals surface area contributed by atoms with Crippen LogP contribution in [0.1, 0.15) is 25.7 Å². The predicted molar refractivity (Wildman–Crippen MR) is 109 cm³/mol. The Morgan fingerprint density at radius 1 is 1.07 bits per heavy atom. The number of halogens is 1. The number of benzene rings is 2. The lowest BCUT2D eigenvalue weighted by Crippen LogP contribution is -2.32. The van der Waals surface area contributed by atoms with E-state index in [-0.39, 0.29) is 0 Å². The molecule has 1 aliphatic rings. The molecule has 2 aromatic carbocycles. The van der Waals surface area contributed by atoms with Crippen molar-refractivity contribution in [2.45, 2.75) is 26.3 Å². The molecule has 0 saturated carbocycles. The molecular weight excluding hydrogens is 360 g/mol. The van der Waals surface area contributed by atoms with Crippen molar-refractivity contribution in [3.8, 4) is 11.5 Å². The van der Waals surface area contributed by atoms with Gasteiger partial charge in [0, 0.05) is 24.5 Å². The van der Waals surface area contributed by atoms with Gasteiger partial charge in [-0.1, -0.05) is 30.7 Å². The molecule has 6 heteroatoms. The summed E-state index contributed by atoms with van der Waals surface area (Å²) >= 11 is 6.18. The van der Waals surface area contributed by atoms with Gasteiger partial charge in [0.25, 0.3) is 0 Å². The van der Waals surface area contributed by atoms with Crippen molar-refractivity contribution >= 4 is 23.0 Å². The minimum atomic E-state index is 0.437. The number of nitrogens with one attached hydrogen (secondary N) is 1. The summed E-state index contributed by atoms with van der Waals surface area (Å²) in [6, 6.07) is 16.0. The van der Waals surface area contributed by atoms with Crippen molar-refractivity contribution in [1.82, 2.24) is 10.2 Å². The minimum absolute atomic E-state index is 0.437. The number of nitrogens with zero attached hydrogens (tertiary/aromatic N) is 3. The van der Waals surface area contributed by atoms with Gasteiger partial charge in [-0.3, -0.25) is 0 Å². The third-order valence-electron chi connectivity index (χ3n) is 5.03. The number of hydrogen-bond acceptors (Lipinski definition) is 5. The molecule has 0 radical (unpaired) electrons. The van der Waals surface area contributed by atoms with Crippen LogP contribution in [0.2, 0.25) is 5.02 Å². The van der Waals surface area contributed by atoms with E-state index in [1.165, 1.54) is 18.5 Å². The average Bonchev–Trinajstić information content (AvgIpc) is 3.17. The van der Waals surface area contributed by atoms with Gasteiger partial charge in [0.1, 0.15) is 0 Å². The van der Waals surface area contributed by atoms with Gasteiger partial charge < -0.3 is 14.6 Å². The molecule has 0 spiro atoms. The summed E-state index contributed by atoms with van der Waals surface area (Å²) in [5.41, 5.74) is 3.06. The van der Waals surface area contributed by atoms with Crippen molar-refractivity contribution in [2.75, 3.05) is 23.3 Å². The van der Waals surface area contributed by atoms with E-state index < -0.39 is 0 Å². The summed E-state index contributed by atoms with van der Waals surface area (Å²) < 4.78 is 5.72. The van der Waals surface area contributed by atoms with Crippen LogP contribution in [0.3, 0.4) is 0 Å². The van der Waals surface area contributed by atoms with Crippen LogP contribution in [-0.2, 0) is 6.54 Å². The molecule has 140 valence electrons. The highest BCUT2D eigenvalue weighted by Gasteiger charge is 2.16. The first-order valence-corrected chi connectivity index (χ1v) is 9.73. The van der Waals surface area contributed by atoms with Gasteiger partial charge >= 0.3 is 0 Å². The van der Waals surface area contributed by atoms with Crippen molar-refractivity contribution in [1.29, 1.82) is 0 Å². The van der Waals surface area contributed by atoms with E-state index in [2.05, 4.69) is 51.6 Å². The zero-order valence-electron chi connectivity index (χ0n) is 15.4. The molecule has 0 atom stereocenters. The Morgan fingerprint density at radius 2 is 1.81 bits per heavy atom. The van der Waals surface area contributed by atoms with E-state index in [1.807, 2.05) is 24.3 Å². The average molecular weight is 383 g/mol. The maximum atomic E-state index is 6.18. The highest BCUT2D eigenvalue weighted by atomic mass is 35.5. The molecule has 0 bridgehead atoms. The summed E-state index contributed by atoms with van der Waals surface area (Å²) in [4.78, 5) is 2.46. The lowest BCUT2D eigenvalue weighted by Gasteiger charge is -2.32. The fourth-order valence-corrected chi connectivity index (χ4v) is 3.52. The molecule has 5 nitrogen and oxygen atoms in total. The van der Waals surface area contributed by atoms with Gasteiger partial charge in [-0.2, -0.15) is 0 Å². The van der Waals surface area contributed by atoms with E-state index in [0.717, 1.165) is 30.3 Å².